The summed E-state index contributed by atoms with van der Waals surface area (Å²) in [6.45, 7) is 6.99. The molecule has 0 aromatic carbocycles. The first kappa shape index (κ1) is 35.8. The van der Waals surface area contributed by atoms with Gasteiger partial charge in [0, 0.05) is 0 Å². The Morgan fingerprint density at radius 2 is 0.400 bits per heavy atom. The normalized spacial score (nSPS) is 11.7. The molecule has 212 valence electrons. The Morgan fingerprint density at radius 3 is 0.600 bits per heavy atom. The van der Waals surface area contributed by atoms with E-state index in [9.17, 15) is 0 Å². The van der Waals surface area contributed by atoms with Gasteiger partial charge in [0.15, 0.2) is 0 Å². The van der Waals surface area contributed by atoms with Crippen molar-refractivity contribution in [1.29, 1.82) is 0 Å². The third-order valence-electron chi connectivity index (χ3n) is 8.40. The molecule has 0 aromatic heterocycles. The van der Waals surface area contributed by atoms with Gasteiger partial charge >= 0.3 is 195 Å². The van der Waals surface area contributed by atoms with Crippen LogP contribution in [0.4, 0.5) is 0 Å². The summed E-state index contributed by atoms with van der Waals surface area (Å²) in [7, 11) is 0. The molecule has 0 aromatic rings. The van der Waals surface area contributed by atoms with Gasteiger partial charge in [0.1, 0.15) is 0 Å². The number of hydrogen-bond acceptors (Lipinski definition) is 0. The summed E-state index contributed by atoms with van der Waals surface area (Å²) in [6.07, 6.45) is 42.0. The molecule has 0 N–H and O–H groups in total. The zero-order valence-corrected chi connectivity index (χ0v) is 28.8. The van der Waals surface area contributed by atoms with Gasteiger partial charge in [0.25, 0.3) is 0 Å². The van der Waals surface area contributed by atoms with Crippen LogP contribution in [0.1, 0.15) is 201 Å². The maximum absolute atomic E-state index is 2.34. The van der Waals surface area contributed by atoms with E-state index in [4.69, 9.17) is 0 Å². The first-order chi connectivity index (χ1) is 17.3. The Bertz CT molecular complexity index is 336. The standard InChI is InChI=1S/C18H37.2C8H17.Sn.H/c1-3-5-7-9-11-13-15-17-18-16-14-12-10-8-6-4-2;2*1-3-5-7-8-6-4-2;;/h1,3-18H2,2H3;2*1,3-8H2,2H3;;. The average Bonchev–Trinajstić information content (AvgIpc) is 2.87. The second-order valence-electron chi connectivity index (χ2n) is 12.1. The van der Waals surface area contributed by atoms with Crippen molar-refractivity contribution >= 4 is 19.8 Å². The number of hydrogen-bond donors (Lipinski definition) is 0. The summed E-state index contributed by atoms with van der Waals surface area (Å²) in [5, 5.41) is 0. The van der Waals surface area contributed by atoms with Crippen molar-refractivity contribution in [2.24, 2.45) is 0 Å². The molecule has 0 amide bonds. The van der Waals surface area contributed by atoms with E-state index in [-0.39, 0.29) is 0 Å². The molecule has 0 saturated heterocycles. The topological polar surface area (TPSA) is 0 Å². The molecule has 0 saturated carbocycles. The molecule has 0 aliphatic carbocycles. The van der Waals surface area contributed by atoms with Gasteiger partial charge in [-0.3, -0.25) is 0 Å². The Hall–Kier alpha value is 0.799. The molecule has 0 aliphatic heterocycles. The van der Waals surface area contributed by atoms with Crippen molar-refractivity contribution in [1.82, 2.24) is 0 Å². The van der Waals surface area contributed by atoms with E-state index in [1.165, 1.54) is 141 Å². The van der Waals surface area contributed by atoms with E-state index < -0.39 is 19.8 Å². The minimum absolute atomic E-state index is 1.20. The van der Waals surface area contributed by atoms with Crippen LogP contribution in [0, 0.1) is 0 Å². The van der Waals surface area contributed by atoms with Crippen molar-refractivity contribution in [3.63, 3.8) is 0 Å². The van der Waals surface area contributed by atoms with Crippen LogP contribution in [-0.2, 0) is 0 Å². The van der Waals surface area contributed by atoms with Gasteiger partial charge in [-0.05, 0) is 0 Å². The molecular formula is C34H72Sn. The minimum atomic E-state index is -1.20. The third-order valence-corrected chi connectivity index (χ3v) is 18.9. The van der Waals surface area contributed by atoms with Crippen LogP contribution in [-0.4, -0.2) is 19.8 Å². The summed E-state index contributed by atoms with van der Waals surface area (Å²) in [5.74, 6) is 0. The average molecular weight is 600 g/mol. The Morgan fingerprint density at radius 1 is 0.229 bits per heavy atom. The summed E-state index contributed by atoms with van der Waals surface area (Å²) in [6, 6.07) is 0. The zero-order chi connectivity index (χ0) is 25.5. The van der Waals surface area contributed by atoms with Gasteiger partial charge in [-0.25, -0.2) is 0 Å². The van der Waals surface area contributed by atoms with E-state index in [1.54, 1.807) is 51.8 Å². The fourth-order valence-electron chi connectivity index (χ4n) is 5.84. The van der Waals surface area contributed by atoms with Crippen LogP contribution in [0.2, 0.25) is 13.3 Å². The first-order valence-corrected chi connectivity index (χ1v) is 24.3. The predicted octanol–water partition coefficient (Wildman–Crippen LogP) is 13.2. The Kier molecular flexibility index (Phi) is 33.6. The van der Waals surface area contributed by atoms with E-state index in [1.807, 2.05) is 0 Å². The van der Waals surface area contributed by atoms with Crippen LogP contribution in [0.3, 0.4) is 0 Å². The van der Waals surface area contributed by atoms with E-state index >= 15 is 0 Å². The van der Waals surface area contributed by atoms with Crippen LogP contribution in [0.25, 0.3) is 0 Å². The van der Waals surface area contributed by atoms with Gasteiger partial charge in [0.05, 0.1) is 0 Å². The predicted molar refractivity (Wildman–Crippen MR) is 168 cm³/mol. The molecule has 0 unspecified atom stereocenters. The fourth-order valence-corrected chi connectivity index (χ4v) is 15.7. The summed E-state index contributed by atoms with van der Waals surface area (Å²) in [4.78, 5) is 0. The number of rotatable bonds is 31. The van der Waals surface area contributed by atoms with Crippen molar-refractivity contribution in [3.05, 3.63) is 0 Å². The molecule has 0 spiro atoms. The Labute approximate surface area is 232 Å². The molecule has 1 heteroatoms. The van der Waals surface area contributed by atoms with Gasteiger partial charge in [-0.1, -0.05) is 39.0 Å². The Balaban J connectivity index is 3.62. The molecule has 0 bridgehead atoms. The second kappa shape index (κ2) is 32.8. The van der Waals surface area contributed by atoms with Crippen LogP contribution < -0.4 is 0 Å². The molecule has 0 atom stereocenters. The van der Waals surface area contributed by atoms with Crippen LogP contribution in [0.5, 0.6) is 0 Å². The summed E-state index contributed by atoms with van der Waals surface area (Å²) < 4.78 is 5.22. The van der Waals surface area contributed by atoms with E-state index in [0.717, 1.165) is 0 Å². The molecule has 0 heterocycles. The van der Waals surface area contributed by atoms with Gasteiger partial charge in [-0.2, -0.15) is 0 Å². The van der Waals surface area contributed by atoms with Crippen LogP contribution in [0.15, 0.2) is 0 Å². The fraction of sp³-hybridized carbons (Fsp3) is 1.00. The number of unbranched alkanes of at least 4 members (excludes halogenated alkanes) is 25. The van der Waals surface area contributed by atoms with E-state index in [2.05, 4.69) is 20.8 Å². The molecular weight excluding hydrogens is 527 g/mol. The third kappa shape index (κ3) is 30.9. The molecule has 0 radical (unpaired) electrons. The van der Waals surface area contributed by atoms with Crippen molar-refractivity contribution < 1.29 is 0 Å². The maximum atomic E-state index is 2.34. The SMILES string of the molecule is CCCCCCCCCCCCCCCCC[CH2][SnH]([CH2]CCCCCCC)[CH2]CCCCCCC. The molecule has 35 heavy (non-hydrogen) atoms. The van der Waals surface area contributed by atoms with Crippen molar-refractivity contribution in [2.45, 2.75) is 214 Å². The van der Waals surface area contributed by atoms with Gasteiger partial charge in [-0.15, -0.1) is 0 Å². The summed E-state index contributed by atoms with van der Waals surface area (Å²) >= 11 is -1.20. The molecule has 0 nitrogen and oxygen atoms in total. The van der Waals surface area contributed by atoms with Gasteiger partial charge < -0.3 is 0 Å². The van der Waals surface area contributed by atoms with Gasteiger partial charge in [0.2, 0.25) is 0 Å². The second-order valence-corrected chi connectivity index (χ2v) is 22.0. The van der Waals surface area contributed by atoms with Crippen molar-refractivity contribution in [2.75, 3.05) is 0 Å². The summed E-state index contributed by atoms with van der Waals surface area (Å²) in [5.41, 5.74) is 0. The molecule has 0 fully saturated rings. The van der Waals surface area contributed by atoms with E-state index in [0.29, 0.717) is 0 Å². The quantitative estimate of drug-likeness (QED) is 0.0549. The van der Waals surface area contributed by atoms with Crippen LogP contribution >= 0.6 is 0 Å². The molecule has 0 rings (SSSR count). The molecule has 0 aliphatic rings. The van der Waals surface area contributed by atoms with Crippen molar-refractivity contribution in [3.8, 4) is 0 Å². The first-order valence-electron chi connectivity index (χ1n) is 17.3. The zero-order valence-electron chi connectivity index (χ0n) is 25.5. The monoisotopic (exact) mass is 600 g/mol.